The highest BCUT2D eigenvalue weighted by atomic mass is 32.2. The Kier molecular flexibility index (Phi) is 4.59. The summed E-state index contributed by atoms with van der Waals surface area (Å²) in [5.41, 5.74) is -0.530. The fraction of sp³-hybridized carbons (Fsp3) is 0.778. The van der Waals surface area contributed by atoms with E-state index in [0.717, 1.165) is 32.2 Å². The van der Waals surface area contributed by atoms with E-state index in [9.17, 15) is 13.2 Å². The minimum atomic E-state index is -3.63. The SMILES string of the molecule is Cn1cnc(S(=O)(=O)N2CCC3(CCCN(C4CCCCC4)C3=O)C2)c1. The molecule has 1 spiro atoms. The van der Waals surface area contributed by atoms with Gasteiger partial charge in [0.05, 0.1) is 11.7 Å². The lowest BCUT2D eigenvalue weighted by Gasteiger charge is -2.44. The summed E-state index contributed by atoms with van der Waals surface area (Å²) >= 11 is 0. The second-order valence-corrected chi connectivity index (χ2v) is 10.0. The number of sulfonamides is 1. The third-order valence-electron chi connectivity index (χ3n) is 6.39. The summed E-state index contributed by atoms with van der Waals surface area (Å²) in [5.74, 6) is 0.189. The van der Waals surface area contributed by atoms with Crippen LogP contribution in [0.15, 0.2) is 17.6 Å². The Morgan fingerprint density at radius 3 is 2.58 bits per heavy atom. The molecule has 3 heterocycles. The van der Waals surface area contributed by atoms with Crippen molar-refractivity contribution in [1.82, 2.24) is 18.8 Å². The van der Waals surface area contributed by atoms with Crippen molar-refractivity contribution in [2.45, 2.75) is 62.4 Å². The highest BCUT2D eigenvalue weighted by Crippen LogP contribution is 2.43. The number of hydrogen-bond acceptors (Lipinski definition) is 4. The van der Waals surface area contributed by atoms with Crippen LogP contribution < -0.4 is 0 Å². The molecule has 3 fully saturated rings. The lowest BCUT2D eigenvalue weighted by atomic mass is 9.77. The van der Waals surface area contributed by atoms with E-state index < -0.39 is 15.4 Å². The molecule has 1 aliphatic carbocycles. The second-order valence-electron chi connectivity index (χ2n) is 8.14. The molecule has 0 bridgehead atoms. The van der Waals surface area contributed by atoms with Gasteiger partial charge in [-0.15, -0.1) is 0 Å². The van der Waals surface area contributed by atoms with Crippen molar-refractivity contribution in [3.63, 3.8) is 0 Å². The van der Waals surface area contributed by atoms with E-state index >= 15 is 0 Å². The minimum Gasteiger partial charge on any atom is -0.339 e. The van der Waals surface area contributed by atoms with E-state index in [1.165, 1.54) is 36.1 Å². The Balaban J connectivity index is 1.53. The van der Waals surface area contributed by atoms with Crippen molar-refractivity contribution in [3.05, 3.63) is 12.5 Å². The van der Waals surface area contributed by atoms with E-state index in [1.54, 1.807) is 11.6 Å². The molecular weight excluding hydrogens is 352 g/mol. The maximum atomic E-state index is 13.3. The predicted molar refractivity (Wildman–Crippen MR) is 96.8 cm³/mol. The van der Waals surface area contributed by atoms with E-state index in [4.69, 9.17) is 0 Å². The molecule has 3 aliphatic rings. The third-order valence-corrected chi connectivity index (χ3v) is 8.12. The molecular formula is C18H28N4O3S. The monoisotopic (exact) mass is 380 g/mol. The first-order valence-electron chi connectivity index (χ1n) is 9.72. The van der Waals surface area contributed by atoms with Crippen LogP contribution in [0.5, 0.6) is 0 Å². The summed E-state index contributed by atoms with van der Waals surface area (Å²) in [4.78, 5) is 19.4. The van der Waals surface area contributed by atoms with Crippen LogP contribution in [0.3, 0.4) is 0 Å². The molecule has 7 nitrogen and oxygen atoms in total. The van der Waals surface area contributed by atoms with E-state index in [0.29, 0.717) is 25.6 Å². The topological polar surface area (TPSA) is 75.5 Å². The van der Waals surface area contributed by atoms with Crippen LogP contribution in [-0.4, -0.2) is 58.8 Å². The molecule has 1 aromatic heterocycles. The van der Waals surface area contributed by atoms with Gasteiger partial charge in [0.1, 0.15) is 0 Å². The Hall–Kier alpha value is -1.41. The molecule has 1 saturated carbocycles. The van der Waals surface area contributed by atoms with Crippen LogP contribution in [0, 0.1) is 5.41 Å². The van der Waals surface area contributed by atoms with Crippen LogP contribution in [0.25, 0.3) is 0 Å². The average molecular weight is 381 g/mol. The number of carbonyl (C=O) groups is 1. The highest BCUT2D eigenvalue weighted by molar-refractivity contribution is 7.89. The number of piperidine rings is 1. The summed E-state index contributed by atoms with van der Waals surface area (Å²) in [6.07, 6.45) is 11.3. The van der Waals surface area contributed by atoms with Crippen molar-refractivity contribution in [1.29, 1.82) is 0 Å². The maximum Gasteiger partial charge on any atom is 0.262 e. The summed E-state index contributed by atoms with van der Waals surface area (Å²) in [5, 5.41) is 0.0736. The fourth-order valence-electron chi connectivity index (χ4n) is 4.91. The third kappa shape index (κ3) is 2.97. The fourth-order valence-corrected chi connectivity index (χ4v) is 6.41. The van der Waals surface area contributed by atoms with Crippen LogP contribution >= 0.6 is 0 Å². The zero-order chi connectivity index (χ0) is 18.4. The molecule has 1 unspecified atom stereocenters. The van der Waals surface area contributed by atoms with Crippen LogP contribution in [0.4, 0.5) is 0 Å². The highest BCUT2D eigenvalue weighted by Gasteiger charge is 2.52. The van der Waals surface area contributed by atoms with Gasteiger partial charge in [-0.1, -0.05) is 19.3 Å². The molecule has 1 atom stereocenters. The number of likely N-dealkylation sites (tertiary alicyclic amines) is 1. The first-order valence-corrected chi connectivity index (χ1v) is 11.2. The molecule has 2 saturated heterocycles. The number of aryl methyl sites for hydroxylation is 1. The second kappa shape index (κ2) is 6.64. The Morgan fingerprint density at radius 2 is 1.88 bits per heavy atom. The van der Waals surface area contributed by atoms with Gasteiger partial charge in [-0.3, -0.25) is 4.79 Å². The molecule has 0 aromatic carbocycles. The average Bonchev–Trinajstić information content (AvgIpc) is 3.26. The minimum absolute atomic E-state index is 0.0736. The van der Waals surface area contributed by atoms with Crippen molar-refractivity contribution >= 4 is 15.9 Å². The Labute approximate surface area is 155 Å². The van der Waals surface area contributed by atoms with Crippen molar-refractivity contribution in [2.24, 2.45) is 12.5 Å². The number of amides is 1. The standard InChI is InChI=1S/C18H28N4O3S/c1-20-12-16(19-14-20)26(24,25)21-11-9-18(13-21)8-5-10-22(17(18)23)15-6-3-2-4-7-15/h12,14-15H,2-11,13H2,1H3. The van der Waals surface area contributed by atoms with Gasteiger partial charge < -0.3 is 9.47 Å². The van der Waals surface area contributed by atoms with Gasteiger partial charge in [-0.25, -0.2) is 13.4 Å². The lowest BCUT2D eigenvalue weighted by Crippen LogP contribution is -2.54. The van der Waals surface area contributed by atoms with Gasteiger partial charge >= 0.3 is 0 Å². The van der Waals surface area contributed by atoms with Gasteiger partial charge in [0.25, 0.3) is 10.0 Å². The quantitative estimate of drug-likeness (QED) is 0.801. The van der Waals surface area contributed by atoms with Gasteiger partial charge in [0.15, 0.2) is 5.03 Å². The molecule has 144 valence electrons. The molecule has 1 aromatic rings. The lowest BCUT2D eigenvalue weighted by molar-refractivity contribution is -0.149. The normalized spacial score (nSPS) is 29.0. The summed E-state index contributed by atoms with van der Waals surface area (Å²) < 4.78 is 28.9. The smallest absolute Gasteiger partial charge is 0.262 e. The molecule has 8 heteroatoms. The zero-order valence-electron chi connectivity index (χ0n) is 15.4. The van der Waals surface area contributed by atoms with Crippen molar-refractivity contribution in [2.75, 3.05) is 19.6 Å². The maximum absolute atomic E-state index is 13.3. The van der Waals surface area contributed by atoms with Crippen LogP contribution in [-0.2, 0) is 21.9 Å². The first kappa shape index (κ1) is 18.0. The number of carbonyl (C=O) groups excluding carboxylic acids is 1. The largest absolute Gasteiger partial charge is 0.339 e. The Morgan fingerprint density at radius 1 is 1.12 bits per heavy atom. The number of aromatic nitrogens is 2. The van der Waals surface area contributed by atoms with E-state index in [1.807, 2.05) is 0 Å². The van der Waals surface area contributed by atoms with E-state index in [2.05, 4.69) is 9.88 Å². The van der Waals surface area contributed by atoms with Crippen molar-refractivity contribution < 1.29 is 13.2 Å². The molecule has 0 radical (unpaired) electrons. The number of imidazole rings is 1. The first-order chi connectivity index (χ1) is 12.4. The molecule has 4 rings (SSSR count). The van der Waals surface area contributed by atoms with Gasteiger partial charge in [-0.05, 0) is 32.1 Å². The predicted octanol–water partition coefficient (Wildman–Crippen LogP) is 1.76. The zero-order valence-corrected chi connectivity index (χ0v) is 16.2. The molecule has 26 heavy (non-hydrogen) atoms. The van der Waals surface area contributed by atoms with Crippen LogP contribution in [0.2, 0.25) is 0 Å². The Bertz CT molecular complexity index is 784. The van der Waals surface area contributed by atoms with Crippen LogP contribution in [0.1, 0.15) is 51.4 Å². The molecule has 1 amide bonds. The molecule has 2 aliphatic heterocycles. The summed E-state index contributed by atoms with van der Waals surface area (Å²) in [6, 6.07) is 0.356. The summed E-state index contributed by atoms with van der Waals surface area (Å²) in [7, 11) is -1.87. The van der Waals surface area contributed by atoms with Gasteiger partial charge in [0, 0.05) is 38.9 Å². The summed E-state index contributed by atoms with van der Waals surface area (Å²) in [6.45, 7) is 1.54. The number of rotatable bonds is 3. The molecule has 0 N–H and O–H groups in total. The number of hydrogen-bond donors (Lipinski definition) is 0. The van der Waals surface area contributed by atoms with Gasteiger partial charge in [0.2, 0.25) is 5.91 Å². The van der Waals surface area contributed by atoms with E-state index in [-0.39, 0.29) is 10.9 Å². The van der Waals surface area contributed by atoms with Crippen molar-refractivity contribution in [3.8, 4) is 0 Å². The number of nitrogens with zero attached hydrogens (tertiary/aromatic N) is 4. The van der Waals surface area contributed by atoms with Gasteiger partial charge in [-0.2, -0.15) is 4.31 Å².